The van der Waals surface area contributed by atoms with Crippen LogP contribution in [0, 0.1) is 5.82 Å². The minimum Gasteiger partial charge on any atom is -0.311 e. The summed E-state index contributed by atoms with van der Waals surface area (Å²) >= 11 is 3.56. The first-order chi connectivity index (χ1) is 10.2. The zero-order chi connectivity index (χ0) is 14.7. The van der Waals surface area contributed by atoms with E-state index in [1.165, 1.54) is 19.3 Å². The van der Waals surface area contributed by atoms with Gasteiger partial charge in [0.25, 0.3) is 0 Å². The molecule has 21 heavy (non-hydrogen) atoms. The van der Waals surface area contributed by atoms with Crippen molar-refractivity contribution < 1.29 is 4.39 Å². The molecule has 1 aliphatic carbocycles. The van der Waals surface area contributed by atoms with E-state index in [9.17, 15) is 4.39 Å². The van der Waals surface area contributed by atoms with Crippen LogP contribution in [0.25, 0.3) is 10.4 Å². The number of thiophene rings is 1. The highest BCUT2D eigenvalue weighted by Crippen LogP contribution is 2.42. The van der Waals surface area contributed by atoms with Crippen molar-refractivity contribution in [3.63, 3.8) is 0 Å². The Morgan fingerprint density at radius 3 is 2.81 bits per heavy atom. The summed E-state index contributed by atoms with van der Waals surface area (Å²) in [5.74, 6) is -0.138. The van der Waals surface area contributed by atoms with Crippen LogP contribution in [0.5, 0.6) is 0 Å². The number of halogens is 1. The van der Waals surface area contributed by atoms with Crippen molar-refractivity contribution >= 4 is 23.1 Å². The number of hydrogen-bond donors (Lipinski definition) is 1. The van der Waals surface area contributed by atoms with E-state index >= 15 is 0 Å². The number of thioether (sulfide) groups is 1. The molecule has 1 heterocycles. The van der Waals surface area contributed by atoms with Crippen molar-refractivity contribution in [2.75, 3.05) is 12.8 Å². The quantitative estimate of drug-likeness (QED) is 0.809. The molecule has 1 nitrogen and oxygen atoms in total. The molecule has 0 amide bonds. The molecule has 0 aliphatic heterocycles. The van der Waals surface area contributed by atoms with Gasteiger partial charge in [-0.25, -0.2) is 4.39 Å². The van der Waals surface area contributed by atoms with Gasteiger partial charge in [0.2, 0.25) is 0 Å². The molecule has 112 valence electrons. The highest BCUT2D eigenvalue weighted by Gasteiger charge is 2.35. The topological polar surface area (TPSA) is 12.0 Å². The van der Waals surface area contributed by atoms with Gasteiger partial charge in [0.05, 0.1) is 0 Å². The second-order valence-corrected chi connectivity index (χ2v) is 7.86. The lowest BCUT2D eigenvalue weighted by molar-refractivity contribution is 0.345. The molecule has 0 radical (unpaired) electrons. The molecule has 0 saturated heterocycles. The van der Waals surface area contributed by atoms with Crippen molar-refractivity contribution in [3.8, 4) is 10.4 Å². The summed E-state index contributed by atoms with van der Waals surface area (Å²) in [4.78, 5) is 0.994. The van der Waals surface area contributed by atoms with Crippen LogP contribution in [0.2, 0.25) is 0 Å². The van der Waals surface area contributed by atoms with Gasteiger partial charge in [-0.05, 0) is 48.2 Å². The Bertz CT molecular complexity index is 585. The minimum atomic E-state index is -0.138. The van der Waals surface area contributed by atoms with Crippen molar-refractivity contribution in [2.24, 2.45) is 0 Å². The van der Waals surface area contributed by atoms with Gasteiger partial charge >= 0.3 is 0 Å². The first-order valence-electron chi connectivity index (χ1n) is 7.31. The van der Waals surface area contributed by atoms with E-state index < -0.39 is 0 Å². The van der Waals surface area contributed by atoms with Crippen LogP contribution in [-0.2, 0) is 6.54 Å². The lowest BCUT2D eigenvalue weighted by Gasteiger charge is -2.40. The molecule has 1 fully saturated rings. The smallest absolute Gasteiger partial charge is 0.131 e. The van der Waals surface area contributed by atoms with Crippen LogP contribution in [0.15, 0.2) is 35.7 Å². The lowest BCUT2D eigenvalue weighted by atomic mass is 9.84. The van der Waals surface area contributed by atoms with Gasteiger partial charge in [-0.3, -0.25) is 0 Å². The van der Waals surface area contributed by atoms with Crippen LogP contribution < -0.4 is 5.32 Å². The molecule has 0 spiro atoms. The van der Waals surface area contributed by atoms with E-state index in [4.69, 9.17) is 0 Å². The number of benzene rings is 1. The summed E-state index contributed by atoms with van der Waals surface area (Å²) in [7, 11) is 0. The van der Waals surface area contributed by atoms with Crippen LogP contribution in [0.3, 0.4) is 0 Å². The summed E-state index contributed by atoms with van der Waals surface area (Å²) < 4.78 is 14.4. The molecule has 1 N–H and O–H groups in total. The number of hydrogen-bond acceptors (Lipinski definition) is 3. The fraction of sp³-hybridized carbons (Fsp3) is 0.412. The van der Waals surface area contributed by atoms with E-state index in [1.807, 2.05) is 41.4 Å². The average molecular weight is 321 g/mol. The first kappa shape index (κ1) is 15.1. The highest BCUT2D eigenvalue weighted by molar-refractivity contribution is 8.00. The van der Waals surface area contributed by atoms with Crippen molar-refractivity contribution in [2.45, 2.75) is 30.6 Å². The van der Waals surface area contributed by atoms with Crippen molar-refractivity contribution in [1.29, 1.82) is 0 Å². The Kier molecular flexibility index (Phi) is 4.67. The van der Waals surface area contributed by atoms with Gasteiger partial charge in [0, 0.05) is 28.3 Å². The number of nitrogens with one attached hydrogen (secondary N) is 1. The standard InChI is InChI=1S/C17H20FNS2/c1-20-17(7-3-8-17)12-19-11-13-5-6-15(18)14(10-13)16-4-2-9-21-16/h2,4-6,9-10,19H,3,7-8,11-12H2,1H3. The lowest BCUT2D eigenvalue weighted by Crippen LogP contribution is -2.43. The Morgan fingerprint density at radius 2 is 2.19 bits per heavy atom. The summed E-state index contributed by atoms with van der Waals surface area (Å²) in [5, 5.41) is 5.53. The van der Waals surface area contributed by atoms with Crippen LogP contribution in [0.1, 0.15) is 24.8 Å². The molecule has 3 rings (SSSR count). The van der Waals surface area contributed by atoms with E-state index in [0.29, 0.717) is 10.3 Å². The normalized spacial score (nSPS) is 16.7. The van der Waals surface area contributed by atoms with E-state index in [1.54, 1.807) is 17.4 Å². The van der Waals surface area contributed by atoms with Crippen molar-refractivity contribution in [1.82, 2.24) is 5.32 Å². The molecule has 2 aromatic rings. The predicted molar refractivity (Wildman–Crippen MR) is 91.5 cm³/mol. The molecule has 1 aliphatic rings. The zero-order valence-electron chi connectivity index (χ0n) is 12.2. The van der Waals surface area contributed by atoms with Crippen LogP contribution in [-0.4, -0.2) is 17.5 Å². The third-order valence-electron chi connectivity index (χ3n) is 4.29. The maximum absolute atomic E-state index is 13.9. The molecule has 4 heteroatoms. The summed E-state index contributed by atoms with van der Waals surface area (Å²) in [6.07, 6.45) is 6.17. The Labute approximate surface area is 134 Å². The molecule has 0 bridgehead atoms. The Morgan fingerprint density at radius 1 is 1.33 bits per heavy atom. The Balaban J connectivity index is 1.65. The molecule has 0 unspecified atom stereocenters. The number of rotatable bonds is 6. The van der Waals surface area contributed by atoms with E-state index in [-0.39, 0.29) is 5.82 Å². The maximum atomic E-state index is 13.9. The van der Waals surface area contributed by atoms with Gasteiger partial charge in [0.1, 0.15) is 5.82 Å². The molecule has 0 atom stereocenters. The molecular formula is C17H20FNS2. The monoisotopic (exact) mass is 321 g/mol. The average Bonchev–Trinajstić information content (AvgIpc) is 2.97. The summed E-state index contributed by atoms with van der Waals surface area (Å²) in [6.45, 7) is 1.85. The van der Waals surface area contributed by atoms with Gasteiger partial charge in [-0.2, -0.15) is 11.8 Å². The third kappa shape index (κ3) is 3.33. The molecular weight excluding hydrogens is 301 g/mol. The SMILES string of the molecule is CSC1(CNCc2ccc(F)c(-c3cccs3)c2)CCC1. The van der Waals surface area contributed by atoms with Gasteiger partial charge < -0.3 is 5.32 Å². The minimum absolute atomic E-state index is 0.138. The van der Waals surface area contributed by atoms with E-state index in [2.05, 4.69) is 11.6 Å². The highest BCUT2D eigenvalue weighted by atomic mass is 32.2. The largest absolute Gasteiger partial charge is 0.311 e. The predicted octanol–water partition coefficient (Wildman–Crippen LogP) is 4.93. The molecule has 1 aromatic carbocycles. The Hall–Kier alpha value is -0.840. The fourth-order valence-electron chi connectivity index (χ4n) is 2.76. The fourth-order valence-corrected chi connectivity index (χ4v) is 4.45. The summed E-state index contributed by atoms with van der Waals surface area (Å²) in [6, 6.07) is 9.37. The van der Waals surface area contributed by atoms with Gasteiger partial charge in [-0.15, -0.1) is 11.3 Å². The first-order valence-corrected chi connectivity index (χ1v) is 9.41. The molecule has 1 saturated carbocycles. The second kappa shape index (κ2) is 6.51. The second-order valence-electron chi connectivity index (χ2n) is 5.64. The maximum Gasteiger partial charge on any atom is 0.131 e. The van der Waals surface area contributed by atoms with Crippen LogP contribution in [0.4, 0.5) is 4.39 Å². The third-order valence-corrected chi connectivity index (χ3v) is 6.61. The molecule has 1 aromatic heterocycles. The van der Waals surface area contributed by atoms with Gasteiger partial charge in [0.15, 0.2) is 0 Å². The summed E-state index contributed by atoms with van der Waals surface area (Å²) in [5.41, 5.74) is 1.86. The zero-order valence-corrected chi connectivity index (χ0v) is 13.8. The van der Waals surface area contributed by atoms with Crippen LogP contribution >= 0.6 is 23.1 Å². The van der Waals surface area contributed by atoms with E-state index in [0.717, 1.165) is 23.5 Å². The van der Waals surface area contributed by atoms with Crippen molar-refractivity contribution in [3.05, 3.63) is 47.1 Å². The van der Waals surface area contributed by atoms with Gasteiger partial charge in [-0.1, -0.05) is 18.6 Å².